The molecule has 0 spiro atoms. The summed E-state index contributed by atoms with van der Waals surface area (Å²) in [6.07, 6.45) is 1.64. The molecule has 110 valence electrons. The predicted octanol–water partition coefficient (Wildman–Crippen LogP) is 3.43. The van der Waals surface area contributed by atoms with Crippen molar-refractivity contribution < 1.29 is 9.90 Å². The van der Waals surface area contributed by atoms with Gasteiger partial charge in [-0.05, 0) is 17.5 Å². The van der Waals surface area contributed by atoms with E-state index in [1.807, 2.05) is 41.8 Å². The van der Waals surface area contributed by atoms with E-state index in [0.29, 0.717) is 6.54 Å². The fourth-order valence-electron chi connectivity index (χ4n) is 1.99. The highest BCUT2D eigenvalue weighted by atomic mass is 32.1. The second kappa shape index (κ2) is 7.61. The van der Waals surface area contributed by atoms with Gasteiger partial charge >= 0.3 is 6.03 Å². The van der Waals surface area contributed by atoms with Gasteiger partial charge in [0.25, 0.3) is 0 Å². The van der Waals surface area contributed by atoms with Crippen LogP contribution in [0.25, 0.3) is 10.4 Å². The van der Waals surface area contributed by atoms with E-state index in [9.17, 15) is 4.79 Å². The Hall–Kier alpha value is -2.11. The van der Waals surface area contributed by atoms with Crippen LogP contribution in [-0.2, 0) is 0 Å². The van der Waals surface area contributed by atoms with Crippen LogP contribution in [0, 0.1) is 0 Å². The van der Waals surface area contributed by atoms with Crippen molar-refractivity contribution in [3.8, 4) is 10.4 Å². The van der Waals surface area contributed by atoms with Crippen LogP contribution in [0.2, 0.25) is 0 Å². The van der Waals surface area contributed by atoms with Crippen LogP contribution < -0.4 is 5.32 Å². The molecule has 21 heavy (non-hydrogen) atoms. The number of para-hydroxylation sites is 1. The number of amides is 2. The first-order valence-corrected chi connectivity index (χ1v) is 7.55. The molecule has 2 amide bonds. The van der Waals surface area contributed by atoms with Crippen molar-refractivity contribution in [1.29, 1.82) is 0 Å². The summed E-state index contributed by atoms with van der Waals surface area (Å²) in [7, 11) is 0. The Balaban J connectivity index is 2.19. The van der Waals surface area contributed by atoms with Gasteiger partial charge < -0.3 is 15.3 Å². The number of carbonyl (C=O) groups is 1. The zero-order chi connectivity index (χ0) is 15.1. The van der Waals surface area contributed by atoms with Crippen molar-refractivity contribution in [2.24, 2.45) is 0 Å². The van der Waals surface area contributed by atoms with Gasteiger partial charge in [0, 0.05) is 23.5 Å². The number of nitrogens with one attached hydrogen (secondary N) is 1. The first kappa shape index (κ1) is 15.3. The summed E-state index contributed by atoms with van der Waals surface area (Å²) in [5.41, 5.74) is 1.75. The molecule has 0 radical (unpaired) electrons. The molecule has 0 bridgehead atoms. The van der Waals surface area contributed by atoms with E-state index in [4.69, 9.17) is 5.11 Å². The average Bonchev–Trinajstić information content (AvgIpc) is 3.01. The Kier molecular flexibility index (Phi) is 5.54. The average molecular weight is 302 g/mol. The summed E-state index contributed by atoms with van der Waals surface area (Å²) >= 11 is 1.63. The normalized spacial score (nSPS) is 10.1. The molecular formula is C16H18N2O2S. The van der Waals surface area contributed by atoms with E-state index in [1.165, 1.54) is 4.90 Å². The van der Waals surface area contributed by atoms with Crippen molar-refractivity contribution in [3.05, 3.63) is 54.4 Å². The number of carbonyl (C=O) groups excluding carboxylic acids is 1. The number of anilines is 1. The van der Waals surface area contributed by atoms with Gasteiger partial charge in [-0.2, -0.15) is 0 Å². The highest BCUT2D eigenvalue weighted by Gasteiger charge is 2.14. The predicted molar refractivity (Wildman–Crippen MR) is 87.6 cm³/mol. The summed E-state index contributed by atoms with van der Waals surface area (Å²) < 4.78 is 0. The van der Waals surface area contributed by atoms with Crippen LogP contribution in [0.3, 0.4) is 0 Å². The zero-order valence-electron chi connectivity index (χ0n) is 11.7. The zero-order valence-corrected chi connectivity index (χ0v) is 12.5. The quantitative estimate of drug-likeness (QED) is 0.803. The minimum atomic E-state index is -0.243. The Bertz CT molecular complexity index is 596. The fraction of sp³-hybridized carbons (Fsp3) is 0.188. The van der Waals surface area contributed by atoms with Crippen LogP contribution in [-0.4, -0.2) is 35.7 Å². The Labute approximate surface area is 128 Å². The SMILES string of the molecule is C=CCN(CCO)C(=O)Nc1ccccc1-c1cccs1. The molecule has 4 nitrogen and oxygen atoms in total. The molecule has 0 aliphatic carbocycles. The van der Waals surface area contributed by atoms with E-state index < -0.39 is 0 Å². The van der Waals surface area contributed by atoms with E-state index in [1.54, 1.807) is 17.4 Å². The number of nitrogens with zero attached hydrogens (tertiary/aromatic N) is 1. The first-order valence-electron chi connectivity index (χ1n) is 6.67. The third kappa shape index (κ3) is 3.93. The lowest BCUT2D eigenvalue weighted by atomic mass is 10.1. The van der Waals surface area contributed by atoms with Gasteiger partial charge in [-0.3, -0.25) is 0 Å². The van der Waals surface area contributed by atoms with E-state index in [2.05, 4.69) is 11.9 Å². The van der Waals surface area contributed by atoms with Gasteiger partial charge in [-0.25, -0.2) is 4.79 Å². The maximum atomic E-state index is 12.3. The van der Waals surface area contributed by atoms with Crippen LogP contribution in [0.4, 0.5) is 10.5 Å². The number of hydrogen-bond donors (Lipinski definition) is 2. The molecule has 1 aromatic heterocycles. The minimum absolute atomic E-state index is 0.0756. The lowest BCUT2D eigenvalue weighted by Crippen LogP contribution is -2.37. The lowest BCUT2D eigenvalue weighted by Gasteiger charge is -2.21. The fourth-order valence-corrected chi connectivity index (χ4v) is 2.75. The third-order valence-electron chi connectivity index (χ3n) is 2.96. The molecule has 0 aliphatic rings. The smallest absolute Gasteiger partial charge is 0.322 e. The summed E-state index contributed by atoms with van der Waals surface area (Å²) in [5, 5.41) is 13.9. The number of rotatable bonds is 6. The Morgan fingerprint density at radius 2 is 2.14 bits per heavy atom. The number of urea groups is 1. The first-order chi connectivity index (χ1) is 10.3. The van der Waals surface area contributed by atoms with Gasteiger partial charge in [-0.15, -0.1) is 17.9 Å². The number of aliphatic hydroxyl groups excluding tert-OH is 1. The molecule has 1 aromatic carbocycles. The van der Waals surface area contributed by atoms with Crippen molar-refractivity contribution in [1.82, 2.24) is 4.90 Å². The molecule has 0 aliphatic heterocycles. The van der Waals surface area contributed by atoms with Crippen molar-refractivity contribution in [2.75, 3.05) is 25.0 Å². The number of benzene rings is 1. The van der Waals surface area contributed by atoms with Gasteiger partial charge in [-0.1, -0.05) is 30.3 Å². The maximum absolute atomic E-state index is 12.3. The van der Waals surface area contributed by atoms with Crippen molar-refractivity contribution in [3.63, 3.8) is 0 Å². The van der Waals surface area contributed by atoms with Crippen LogP contribution in [0.5, 0.6) is 0 Å². The summed E-state index contributed by atoms with van der Waals surface area (Å²) in [4.78, 5) is 14.9. The summed E-state index contributed by atoms with van der Waals surface area (Å²) in [6.45, 7) is 4.23. The van der Waals surface area contributed by atoms with E-state index >= 15 is 0 Å². The molecule has 2 aromatic rings. The Morgan fingerprint density at radius 3 is 2.81 bits per heavy atom. The molecule has 5 heteroatoms. The molecule has 0 atom stereocenters. The monoisotopic (exact) mass is 302 g/mol. The highest BCUT2D eigenvalue weighted by Crippen LogP contribution is 2.31. The maximum Gasteiger partial charge on any atom is 0.322 e. The Morgan fingerprint density at radius 1 is 1.33 bits per heavy atom. The van der Waals surface area contributed by atoms with Crippen LogP contribution >= 0.6 is 11.3 Å². The van der Waals surface area contributed by atoms with E-state index in [-0.39, 0.29) is 19.2 Å². The van der Waals surface area contributed by atoms with Crippen LogP contribution in [0.15, 0.2) is 54.4 Å². The minimum Gasteiger partial charge on any atom is -0.395 e. The topological polar surface area (TPSA) is 52.6 Å². The van der Waals surface area contributed by atoms with Crippen LogP contribution in [0.1, 0.15) is 0 Å². The summed E-state index contributed by atoms with van der Waals surface area (Å²) in [5.74, 6) is 0. The third-order valence-corrected chi connectivity index (χ3v) is 3.87. The molecule has 0 unspecified atom stereocenters. The van der Waals surface area contributed by atoms with Gasteiger partial charge in [0.15, 0.2) is 0 Å². The lowest BCUT2D eigenvalue weighted by molar-refractivity contribution is 0.195. The molecule has 0 saturated heterocycles. The molecule has 1 heterocycles. The molecule has 2 rings (SSSR count). The van der Waals surface area contributed by atoms with Gasteiger partial charge in [0.2, 0.25) is 0 Å². The molecular weight excluding hydrogens is 284 g/mol. The van der Waals surface area contributed by atoms with Gasteiger partial charge in [0.05, 0.1) is 12.3 Å². The van der Waals surface area contributed by atoms with E-state index in [0.717, 1.165) is 16.1 Å². The van der Waals surface area contributed by atoms with Gasteiger partial charge in [0.1, 0.15) is 0 Å². The molecule has 2 N–H and O–H groups in total. The summed E-state index contributed by atoms with van der Waals surface area (Å²) in [6, 6.07) is 11.4. The number of thiophene rings is 1. The second-order valence-electron chi connectivity index (χ2n) is 4.41. The number of aliphatic hydroxyl groups is 1. The second-order valence-corrected chi connectivity index (χ2v) is 5.36. The molecule has 0 saturated carbocycles. The largest absolute Gasteiger partial charge is 0.395 e. The van der Waals surface area contributed by atoms with Crippen molar-refractivity contribution in [2.45, 2.75) is 0 Å². The number of hydrogen-bond acceptors (Lipinski definition) is 3. The standard InChI is InChI=1S/C16H18N2O2S/c1-2-9-18(10-11-19)16(20)17-14-7-4-3-6-13(14)15-8-5-12-21-15/h2-8,12,19H,1,9-11H2,(H,17,20). The highest BCUT2D eigenvalue weighted by molar-refractivity contribution is 7.13. The molecule has 0 fully saturated rings. The van der Waals surface area contributed by atoms with Crippen molar-refractivity contribution >= 4 is 23.1 Å².